The van der Waals surface area contributed by atoms with Crippen LogP contribution in [0.5, 0.6) is 11.5 Å². The minimum atomic E-state index is -4.48. The van der Waals surface area contributed by atoms with Gasteiger partial charge in [0.15, 0.2) is 5.75 Å². The molecule has 1 heterocycles. The first-order valence-electron chi connectivity index (χ1n) is 12.9. The van der Waals surface area contributed by atoms with E-state index < -0.39 is 29.5 Å². The second-order valence-electron chi connectivity index (χ2n) is 9.22. The number of hydrogen-bond donors (Lipinski definition) is 2. The number of fused-ring (bicyclic) bond motifs is 1. The molecule has 4 rings (SSSR count). The third-order valence-corrected chi connectivity index (χ3v) is 6.76. The number of carbonyl (C=O) groups excluding carboxylic acids is 3. The van der Waals surface area contributed by atoms with E-state index in [2.05, 4.69) is 15.3 Å². The van der Waals surface area contributed by atoms with Crippen molar-refractivity contribution in [2.45, 2.75) is 26.1 Å². The van der Waals surface area contributed by atoms with Gasteiger partial charge in [-0.25, -0.2) is 4.79 Å². The van der Waals surface area contributed by atoms with Crippen molar-refractivity contribution in [3.63, 3.8) is 0 Å². The maximum Gasteiger partial charge on any atom is 0.416 e. The lowest BCUT2D eigenvalue weighted by Crippen LogP contribution is -2.37. The molecule has 228 valence electrons. The number of halogens is 5. The molecule has 0 spiro atoms. The highest BCUT2D eigenvalue weighted by atomic mass is 35.5. The van der Waals surface area contributed by atoms with Crippen LogP contribution in [0.25, 0.3) is 0 Å². The number of nitrogens with one attached hydrogen (secondary N) is 2. The van der Waals surface area contributed by atoms with Gasteiger partial charge in [-0.2, -0.15) is 23.5 Å². The molecule has 0 bridgehead atoms. The molecule has 15 heteroatoms. The van der Waals surface area contributed by atoms with Gasteiger partial charge in [-0.05, 0) is 66.9 Å². The van der Waals surface area contributed by atoms with E-state index in [0.717, 1.165) is 12.1 Å². The smallest absolute Gasteiger partial charge is 0.416 e. The summed E-state index contributed by atoms with van der Waals surface area (Å²) >= 11 is 12.7. The molecule has 1 aliphatic heterocycles. The number of benzene rings is 3. The highest BCUT2D eigenvalue weighted by Crippen LogP contribution is 2.39. The largest absolute Gasteiger partial charge is 0.454 e. The van der Waals surface area contributed by atoms with Gasteiger partial charge in [0.05, 0.1) is 27.9 Å². The van der Waals surface area contributed by atoms with Crippen LogP contribution >= 0.6 is 23.2 Å². The second-order valence-corrected chi connectivity index (χ2v) is 10.0. The number of alkyl carbamates (subject to hydrolysis) is 1. The van der Waals surface area contributed by atoms with Gasteiger partial charge >= 0.3 is 12.3 Å². The van der Waals surface area contributed by atoms with E-state index >= 15 is 0 Å². The van der Waals surface area contributed by atoms with E-state index in [1.165, 1.54) is 29.2 Å². The lowest BCUT2D eigenvalue weighted by atomic mass is 9.98. The molecule has 1 aliphatic rings. The Kier molecular flexibility index (Phi) is 9.97. The van der Waals surface area contributed by atoms with Gasteiger partial charge in [-0.1, -0.05) is 35.3 Å². The van der Waals surface area contributed by atoms with E-state index in [0.29, 0.717) is 28.9 Å². The normalized spacial score (nSPS) is 13.1. The maximum atomic E-state index is 13.1. The molecule has 0 atom stereocenters. The first kappa shape index (κ1) is 32.1. The maximum absolute atomic E-state index is 13.1. The molecular weight excluding hydrogens is 626 g/mol. The Morgan fingerprint density at radius 1 is 1.11 bits per heavy atom. The fourth-order valence-corrected chi connectivity index (χ4v) is 4.76. The number of alkyl halides is 3. The zero-order chi connectivity index (χ0) is 32.0. The molecule has 3 aromatic rings. The average Bonchev–Trinajstić information content (AvgIpc) is 2.96. The van der Waals surface area contributed by atoms with Crippen LogP contribution in [0.15, 0.2) is 59.7 Å². The summed E-state index contributed by atoms with van der Waals surface area (Å²) in [6.07, 6.45) is -5.08. The molecule has 0 fully saturated rings. The molecular formula is C29H22Cl2F3N5O5. The van der Waals surface area contributed by atoms with Gasteiger partial charge in [0, 0.05) is 18.7 Å². The summed E-state index contributed by atoms with van der Waals surface area (Å²) in [4.78, 5) is 38.0. The third-order valence-electron chi connectivity index (χ3n) is 6.20. The summed E-state index contributed by atoms with van der Waals surface area (Å²) in [5, 5.41) is 14.8. The average molecular weight is 648 g/mol. The molecule has 0 saturated carbocycles. The van der Waals surface area contributed by atoms with Crippen LogP contribution in [-0.4, -0.2) is 41.7 Å². The van der Waals surface area contributed by atoms with Gasteiger partial charge in [0.1, 0.15) is 11.8 Å². The van der Waals surface area contributed by atoms with Crippen molar-refractivity contribution < 1.29 is 37.0 Å². The van der Waals surface area contributed by atoms with Crippen molar-refractivity contribution in [2.75, 3.05) is 18.6 Å². The Balaban J connectivity index is 1.44. The number of imide groups is 1. The summed E-state index contributed by atoms with van der Waals surface area (Å²) in [5.74, 6) is -1.00. The van der Waals surface area contributed by atoms with Gasteiger partial charge in [0.25, 0.3) is 11.8 Å². The van der Waals surface area contributed by atoms with Crippen molar-refractivity contribution in [1.29, 1.82) is 5.26 Å². The number of nitrogens with zero attached hydrogens (tertiary/aromatic N) is 3. The summed E-state index contributed by atoms with van der Waals surface area (Å²) in [7, 11) is 0. The van der Waals surface area contributed by atoms with Crippen LogP contribution in [0.4, 0.5) is 23.7 Å². The van der Waals surface area contributed by atoms with Crippen LogP contribution in [0, 0.1) is 11.3 Å². The van der Waals surface area contributed by atoms with E-state index in [4.69, 9.17) is 27.9 Å². The molecule has 0 unspecified atom stereocenters. The Hall–Kier alpha value is -4.80. The van der Waals surface area contributed by atoms with Crippen LogP contribution < -0.4 is 15.5 Å². The standard InChI is InChI=1S/C29H22Cl2F3N5O5/c1-2-43-28(42)36-26(40)24(14-35)38-37-19-12-22(30)25(23(31)13-19)44-20-6-7-21-17(11-20)8-9-39(27(21)41)15-16-4-3-5-18(10-16)29(32,33)34/h3-7,10-13,37H,2,8-9,15H2,1H3,(H,36,40,42). The fourth-order valence-electron chi connectivity index (χ4n) is 4.20. The van der Waals surface area contributed by atoms with Gasteiger partial charge < -0.3 is 14.4 Å². The summed E-state index contributed by atoms with van der Waals surface area (Å²) < 4.78 is 49.7. The number of nitriles is 1. The summed E-state index contributed by atoms with van der Waals surface area (Å²) in [5.41, 5.74) is 2.66. The van der Waals surface area contributed by atoms with Crippen molar-refractivity contribution in [2.24, 2.45) is 5.10 Å². The highest BCUT2D eigenvalue weighted by molar-refractivity contribution is 6.47. The zero-order valence-corrected chi connectivity index (χ0v) is 24.3. The minimum absolute atomic E-state index is 0.0242. The van der Waals surface area contributed by atoms with Crippen LogP contribution in [0.2, 0.25) is 10.0 Å². The second kappa shape index (κ2) is 13.7. The quantitative estimate of drug-likeness (QED) is 0.209. The molecule has 0 aromatic heterocycles. The van der Waals surface area contributed by atoms with Crippen molar-refractivity contribution in [3.8, 4) is 17.6 Å². The van der Waals surface area contributed by atoms with Gasteiger partial charge in [-0.3, -0.25) is 20.3 Å². The lowest BCUT2D eigenvalue weighted by Gasteiger charge is -2.29. The number of amides is 3. The Bertz CT molecular complexity index is 1670. The number of hydrogen-bond acceptors (Lipinski definition) is 8. The van der Waals surface area contributed by atoms with Gasteiger partial charge in [-0.15, -0.1) is 0 Å². The molecule has 2 N–H and O–H groups in total. The first-order chi connectivity index (χ1) is 20.9. The number of ether oxygens (including phenoxy) is 2. The fraction of sp³-hybridized carbons (Fsp3) is 0.207. The minimum Gasteiger partial charge on any atom is -0.454 e. The van der Waals surface area contributed by atoms with Crippen LogP contribution in [-0.2, 0) is 28.7 Å². The Morgan fingerprint density at radius 2 is 1.84 bits per heavy atom. The predicted octanol–water partition coefficient (Wildman–Crippen LogP) is 6.57. The number of hydrazone groups is 1. The van der Waals surface area contributed by atoms with E-state index in [1.54, 1.807) is 31.2 Å². The van der Waals surface area contributed by atoms with E-state index in [-0.39, 0.29) is 47.1 Å². The molecule has 0 radical (unpaired) electrons. The van der Waals surface area contributed by atoms with Crippen LogP contribution in [0.3, 0.4) is 0 Å². The zero-order valence-electron chi connectivity index (χ0n) is 22.8. The topological polar surface area (TPSA) is 133 Å². The molecule has 3 aromatic carbocycles. The Labute approximate surface area is 258 Å². The predicted molar refractivity (Wildman–Crippen MR) is 155 cm³/mol. The number of carbonyl (C=O) groups is 3. The van der Waals surface area contributed by atoms with E-state index in [1.807, 2.05) is 5.32 Å². The number of rotatable bonds is 8. The molecule has 10 nitrogen and oxygen atoms in total. The van der Waals surface area contributed by atoms with Crippen molar-refractivity contribution >= 4 is 52.5 Å². The van der Waals surface area contributed by atoms with Crippen molar-refractivity contribution in [3.05, 3.63) is 86.9 Å². The SMILES string of the molecule is CCOC(=O)NC(=O)C(C#N)=NNc1cc(Cl)c(Oc2ccc3c(c2)CCN(Cc2cccc(C(F)(F)F)c2)C3=O)c(Cl)c1. The first-order valence-corrected chi connectivity index (χ1v) is 13.6. The molecule has 44 heavy (non-hydrogen) atoms. The highest BCUT2D eigenvalue weighted by Gasteiger charge is 2.31. The monoisotopic (exact) mass is 647 g/mol. The molecule has 3 amide bonds. The van der Waals surface area contributed by atoms with Crippen molar-refractivity contribution in [1.82, 2.24) is 10.2 Å². The molecule has 0 aliphatic carbocycles. The Morgan fingerprint density at radius 3 is 2.50 bits per heavy atom. The molecule has 0 saturated heterocycles. The summed E-state index contributed by atoms with van der Waals surface area (Å²) in [6.45, 7) is 1.89. The number of anilines is 1. The van der Waals surface area contributed by atoms with E-state index in [9.17, 15) is 32.8 Å². The van der Waals surface area contributed by atoms with Crippen LogP contribution in [0.1, 0.15) is 34.0 Å². The van der Waals surface area contributed by atoms with Gasteiger partial charge in [0.2, 0.25) is 5.71 Å². The lowest BCUT2D eigenvalue weighted by molar-refractivity contribution is -0.137. The summed E-state index contributed by atoms with van der Waals surface area (Å²) in [6, 6.07) is 13.9. The third kappa shape index (κ3) is 7.77.